The molecule has 1 aliphatic rings. The zero-order chi connectivity index (χ0) is 15.9. The zero-order valence-electron chi connectivity index (χ0n) is 12.9. The summed E-state index contributed by atoms with van der Waals surface area (Å²) in [5, 5.41) is 9.08. The number of ether oxygens (including phenoxy) is 1. The predicted molar refractivity (Wildman–Crippen MR) is 82.2 cm³/mol. The van der Waals surface area contributed by atoms with E-state index in [2.05, 4.69) is 0 Å². The van der Waals surface area contributed by atoms with Crippen LogP contribution in [0, 0.1) is 11.8 Å². The first-order chi connectivity index (χ1) is 10.6. The largest absolute Gasteiger partial charge is 0.481 e. The van der Waals surface area contributed by atoms with E-state index < -0.39 is 5.97 Å². The zero-order valence-corrected chi connectivity index (χ0v) is 12.9. The van der Waals surface area contributed by atoms with Crippen molar-refractivity contribution in [1.82, 2.24) is 4.90 Å². The monoisotopic (exact) mass is 305 g/mol. The molecule has 0 radical (unpaired) electrons. The van der Waals surface area contributed by atoms with E-state index in [-0.39, 0.29) is 17.7 Å². The molecule has 0 heterocycles. The quantitative estimate of drug-likeness (QED) is 0.838. The summed E-state index contributed by atoms with van der Waals surface area (Å²) in [7, 11) is 1.61. The topological polar surface area (TPSA) is 66.8 Å². The van der Waals surface area contributed by atoms with Gasteiger partial charge in [-0.05, 0) is 24.8 Å². The number of hydrogen-bond acceptors (Lipinski definition) is 3. The van der Waals surface area contributed by atoms with E-state index in [1.807, 2.05) is 30.3 Å². The third-order valence-electron chi connectivity index (χ3n) is 4.22. The molecule has 1 fully saturated rings. The molecule has 0 bridgehead atoms. The minimum absolute atomic E-state index is 0.0460. The second kappa shape index (κ2) is 7.94. The number of rotatable bonds is 7. The van der Waals surface area contributed by atoms with E-state index in [0.29, 0.717) is 39.0 Å². The number of benzene rings is 1. The number of amides is 1. The molecular weight excluding hydrogens is 282 g/mol. The summed E-state index contributed by atoms with van der Waals surface area (Å²) in [6.45, 7) is 1.55. The van der Waals surface area contributed by atoms with Crippen LogP contribution in [0.15, 0.2) is 30.3 Å². The number of hydrogen-bond donors (Lipinski definition) is 1. The lowest BCUT2D eigenvalue weighted by Gasteiger charge is -2.25. The lowest BCUT2D eigenvalue weighted by atomic mass is 10.0. The molecule has 2 rings (SSSR count). The summed E-state index contributed by atoms with van der Waals surface area (Å²) in [6, 6.07) is 9.82. The summed E-state index contributed by atoms with van der Waals surface area (Å²) in [4.78, 5) is 25.5. The molecule has 1 aliphatic carbocycles. The highest BCUT2D eigenvalue weighted by Gasteiger charge is 2.35. The van der Waals surface area contributed by atoms with E-state index in [1.165, 1.54) is 0 Å². The van der Waals surface area contributed by atoms with Crippen molar-refractivity contribution in [2.75, 3.05) is 20.3 Å². The van der Waals surface area contributed by atoms with Gasteiger partial charge in [-0.1, -0.05) is 30.3 Å². The summed E-state index contributed by atoms with van der Waals surface area (Å²) in [5.74, 6) is -1.30. The maximum Gasteiger partial charge on any atom is 0.306 e. The second-order valence-electron chi connectivity index (χ2n) is 5.78. The van der Waals surface area contributed by atoms with E-state index >= 15 is 0 Å². The SMILES string of the molecule is COCCN(Cc1ccccc1)C(=O)[C@@H]1CC[C@H](C(=O)O)C1. The van der Waals surface area contributed by atoms with Crippen LogP contribution in [0.25, 0.3) is 0 Å². The Morgan fingerprint density at radius 1 is 1.23 bits per heavy atom. The molecule has 22 heavy (non-hydrogen) atoms. The van der Waals surface area contributed by atoms with Crippen molar-refractivity contribution in [2.24, 2.45) is 11.8 Å². The van der Waals surface area contributed by atoms with Gasteiger partial charge >= 0.3 is 5.97 Å². The Kier molecular flexibility index (Phi) is 5.95. The van der Waals surface area contributed by atoms with Crippen molar-refractivity contribution in [3.05, 3.63) is 35.9 Å². The van der Waals surface area contributed by atoms with Gasteiger partial charge < -0.3 is 14.7 Å². The Balaban J connectivity index is 2.01. The Morgan fingerprint density at radius 3 is 2.50 bits per heavy atom. The molecule has 5 heteroatoms. The number of carbonyl (C=O) groups is 2. The molecule has 120 valence electrons. The van der Waals surface area contributed by atoms with Crippen molar-refractivity contribution in [3.63, 3.8) is 0 Å². The number of aliphatic carboxylic acids is 1. The van der Waals surface area contributed by atoms with Crippen LogP contribution in [-0.2, 0) is 20.9 Å². The van der Waals surface area contributed by atoms with Gasteiger partial charge in [-0.3, -0.25) is 9.59 Å². The summed E-state index contributed by atoms with van der Waals surface area (Å²) >= 11 is 0. The highest BCUT2D eigenvalue weighted by molar-refractivity contribution is 5.81. The second-order valence-corrected chi connectivity index (χ2v) is 5.78. The molecule has 1 saturated carbocycles. The van der Waals surface area contributed by atoms with Crippen LogP contribution < -0.4 is 0 Å². The number of carbonyl (C=O) groups excluding carboxylic acids is 1. The molecule has 1 aromatic carbocycles. The van der Waals surface area contributed by atoms with Gasteiger partial charge in [-0.2, -0.15) is 0 Å². The summed E-state index contributed by atoms with van der Waals surface area (Å²) in [6.07, 6.45) is 1.70. The van der Waals surface area contributed by atoms with Gasteiger partial charge in [0.1, 0.15) is 0 Å². The van der Waals surface area contributed by atoms with E-state index in [1.54, 1.807) is 12.0 Å². The highest BCUT2D eigenvalue weighted by Crippen LogP contribution is 2.32. The fraction of sp³-hybridized carbons (Fsp3) is 0.529. The van der Waals surface area contributed by atoms with Crippen LogP contribution in [0.5, 0.6) is 0 Å². The van der Waals surface area contributed by atoms with Crippen LogP contribution in [0.1, 0.15) is 24.8 Å². The summed E-state index contributed by atoms with van der Waals surface area (Å²) < 4.78 is 5.09. The van der Waals surface area contributed by atoms with Gasteiger partial charge in [0.05, 0.1) is 12.5 Å². The van der Waals surface area contributed by atoms with Crippen molar-refractivity contribution < 1.29 is 19.4 Å². The Labute approximate surface area is 130 Å². The van der Waals surface area contributed by atoms with Gasteiger partial charge in [0.15, 0.2) is 0 Å². The first-order valence-corrected chi connectivity index (χ1v) is 7.66. The summed E-state index contributed by atoms with van der Waals surface area (Å²) in [5.41, 5.74) is 1.07. The van der Waals surface area contributed by atoms with E-state index in [0.717, 1.165) is 5.56 Å². The third kappa shape index (κ3) is 4.31. The van der Waals surface area contributed by atoms with E-state index in [4.69, 9.17) is 9.84 Å². The van der Waals surface area contributed by atoms with Crippen LogP contribution in [-0.4, -0.2) is 42.1 Å². The standard InChI is InChI=1S/C17H23NO4/c1-22-10-9-18(12-13-5-3-2-4-6-13)16(19)14-7-8-15(11-14)17(20)21/h2-6,14-15H,7-12H2,1H3,(H,20,21)/t14-,15+/m1/s1. The molecule has 5 nitrogen and oxygen atoms in total. The Hall–Kier alpha value is -1.88. The average molecular weight is 305 g/mol. The maximum absolute atomic E-state index is 12.7. The van der Waals surface area contributed by atoms with Gasteiger partial charge in [-0.15, -0.1) is 0 Å². The van der Waals surface area contributed by atoms with Crippen LogP contribution in [0.4, 0.5) is 0 Å². The number of carboxylic acid groups (broad SMARTS) is 1. The maximum atomic E-state index is 12.7. The number of methoxy groups -OCH3 is 1. The molecule has 0 saturated heterocycles. The normalized spacial score (nSPS) is 20.8. The van der Waals surface area contributed by atoms with Gasteiger partial charge in [-0.25, -0.2) is 0 Å². The first kappa shape index (κ1) is 16.5. The molecule has 0 aliphatic heterocycles. The molecule has 1 amide bonds. The molecular formula is C17H23NO4. The molecule has 0 spiro atoms. The minimum atomic E-state index is -0.790. The lowest BCUT2D eigenvalue weighted by Crippen LogP contribution is -2.37. The molecule has 2 atom stereocenters. The molecule has 0 unspecified atom stereocenters. The highest BCUT2D eigenvalue weighted by atomic mass is 16.5. The van der Waals surface area contributed by atoms with Crippen molar-refractivity contribution in [1.29, 1.82) is 0 Å². The fourth-order valence-electron chi connectivity index (χ4n) is 2.96. The minimum Gasteiger partial charge on any atom is -0.481 e. The van der Waals surface area contributed by atoms with Crippen LogP contribution in [0.3, 0.4) is 0 Å². The van der Waals surface area contributed by atoms with E-state index in [9.17, 15) is 9.59 Å². The Morgan fingerprint density at radius 2 is 1.91 bits per heavy atom. The van der Waals surface area contributed by atoms with Gasteiger partial charge in [0, 0.05) is 26.1 Å². The smallest absolute Gasteiger partial charge is 0.306 e. The number of carboxylic acids is 1. The van der Waals surface area contributed by atoms with Crippen LogP contribution >= 0.6 is 0 Å². The first-order valence-electron chi connectivity index (χ1n) is 7.66. The third-order valence-corrected chi connectivity index (χ3v) is 4.22. The molecule has 1 aromatic rings. The molecule has 1 N–H and O–H groups in total. The van der Waals surface area contributed by atoms with Crippen molar-refractivity contribution in [3.8, 4) is 0 Å². The van der Waals surface area contributed by atoms with Crippen LogP contribution in [0.2, 0.25) is 0 Å². The van der Waals surface area contributed by atoms with Crippen molar-refractivity contribution >= 4 is 11.9 Å². The van der Waals surface area contributed by atoms with Gasteiger partial charge in [0.25, 0.3) is 0 Å². The van der Waals surface area contributed by atoms with Gasteiger partial charge in [0.2, 0.25) is 5.91 Å². The lowest BCUT2D eigenvalue weighted by molar-refractivity contribution is -0.141. The molecule has 0 aromatic heterocycles. The number of nitrogens with zero attached hydrogens (tertiary/aromatic N) is 1. The fourth-order valence-corrected chi connectivity index (χ4v) is 2.96. The average Bonchev–Trinajstić information content (AvgIpc) is 3.02. The van der Waals surface area contributed by atoms with Crippen molar-refractivity contribution in [2.45, 2.75) is 25.8 Å². The Bertz CT molecular complexity index is 503. The predicted octanol–water partition coefficient (Wildman–Crippen LogP) is 2.16.